The number of nitrogens with one attached hydrogen (secondary N) is 1. The Morgan fingerprint density at radius 2 is 1.88 bits per heavy atom. The Morgan fingerprint density at radius 1 is 1.16 bits per heavy atom. The Bertz CT molecular complexity index is 711. The molecular weight excluding hydrogens is 312 g/mol. The van der Waals surface area contributed by atoms with Crippen LogP contribution in [0.5, 0.6) is 0 Å². The summed E-state index contributed by atoms with van der Waals surface area (Å²) >= 11 is 0. The van der Waals surface area contributed by atoms with E-state index >= 15 is 0 Å². The predicted octanol–water partition coefficient (Wildman–Crippen LogP) is 3.80. The van der Waals surface area contributed by atoms with E-state index in [1.165, 1.54) is 19.3 Å². The summed E-state index contributed by atoms with van der Waals surface area (Å²) < 4.78 is 0. The summed E-state index contributed by atoms with van der Waals surface area (Å²) in [7, 11) is 1.81. The van der Waals surface area contributed by atoms with Gasteiger partial charge >= 0.3 is 0 Å². The summed E-state index contributed by atoms with van der Waals surface area (Å²) in [5.74, 6) is 0.490. The van der Waals surface area contributed by atoms with Crippen molar-refractivity contribution in [1.29, 1.82) is 0 Å². The highest BCUT2D eigenvalue weighted by atomic mass is 16.2. The van der Waals surface area contributed by atoms with Crippen LogP contribution in [0.1, 0.15) is 53.8 Å². The number of rotatable bonds is 5. The number of aryl methyl sites for hydroxylation is 1. The van der Waals surface area contributed by atoms with E-state index in [2.05, 4.69) is 15.3 Å². The van der Waals surface area contributed by atoms with Gasteiger partial charge in [-0.1, -0.05) is 49.6 Å². The van der Waals surface area contributed by atoms with Crippen LogP contribution in [0.15, 0.2) is 36.4 Å². The first kappa shape index (κ1) is 17.4. The molecule has 0 spiro atoms. The Kier molecular flexibility index (Phi) is 5.64. The number of nitrogens with zero attached hydrogens (tertiary/aromatic N) is 3. The summed E-state index contributed by atoms with van der Waals surface area (Å²) in [6, 6.07) is 12.2. The molecule has 1 aliphatic rings. The van der Waals surface area contributed by atoms with Crippen LogP contribution in [0, 0.1) is 6.92 Å². The van der Waals surface area contributed by atoms with E-state index in [1.807, 2.05) is 37.3 Å². The van der Waals surface area contributed by atoms with Gasteiger partial charge in [0.1, 0.15) is 5.69 Å². The molecule has 1 saturated carbocycles. The second kappa shape index (κ2) is 8.10. The second-order valence-corrected chi connectivity index (χ2v) is 6.84. The van der Waals surface area contributed by atoms with E-state index in [1.54, 1.807) is 18.0 Å². The summed E-state index contributed by atoms with van der Waals surface area (Å²) in [6.45, 7) is 2.47. The maximum atomic E-state index is 12.8. The van der Waals surface area contributed by atoms with Crippen molar-refractivity contribution in [2.24, 2.45) is 0 Å². The van der Waals surface area contributed by atoms with E-state index in [4.69, 9.17) is 0 Å². The molecule has 3 rings (SSSR count). The lowest BCUT2D eigenvalue weighted by molar-refractivity contribution is 0.0779. The van der Waals surface area contributed by atoms with Gasteiger partial charge in [0.25, 0.3) is 5.91 Å². The van der Waals surface area contributed by atoms with E-state index in [0.29, 0.717) is 24.2 Å². The SMILES string of the molecule is Cc1cc(C(=O)N(C)Cc2ccccc2)nc(NC2CCCCC2)n1. The smallest absolute Gasteiger partial charge is 0.272 e. The van der Waals surface area contributed by atoms with Crippen molar-refractivity contribution in [1.82, 2.24) is 14.9 Å². The Hall–Kier alpha value is -2.43. The first-order chi connectivity index (χ1) is 12.1. The summed E-state index contributed by atoms with van der Waals surface area (Å²) in [5.41, 5.74) is 2.36. The zero-order valence-electron chi connectivity index (χ0n) is 15.0. The van der Waals surface area contributed by atoms with Gasteiger partial charge in [0, 0.05) is 25.3 Å². The summed E-state index contributed by atoms with van der Waals surface area (Å²) in [6.07, 6.45) is 6.09. The molecule has 5 nitrogen and oxygen atoms in total. The van der Waals surface area contributed by atoms with Crippen LogP contribution < -0.4 is 5.32 Å². The maximum absolute atomic E-state index is 12.8. The molecule has 2 aromatic rings. The minimum Gasteiger partial charge on any atom is -0.351 e. The van der Waals surface area contributed by atoms with Gasteiger partial charge in [-0.3, -0.25) is 4.79 Å². The number of aromatic nitrogens is 2. The Labute approximate surface area is 149 Å². The average Bonchev–Trinajstić information content (AvgIpc) is 2.62. The molecule has 1 N–H and O–H groups in total. The van der Waals surface area contributed by atoms with Gasteiger partial charge in [0.05, 0.1) is 0 Å². The van der Waals surface area contributed by atoms with E-state index in [0.717, 1.165) is 24.1 Å². The Balaban J connectivity index is 1.71. The summed E-state index contributed by atoms with van der Waals surface area (Å²) in [5, 5.41) is 3.41. The van der Waals surface area contributed by atoms with Crippen molar-refractivity contribution in [2.75, 3.05) is 12.4 Å². The monoisotopic (exact) mass is 338 g/mol. The number of carbonyl (C=O) groups is 1. The first-order valence-corrected chi connectivity index (χ1v) is 9.03. The van der Waals surface area contributed by atoms with Gasteiger partial charge in [-0.2, -0.15) is 0 Å². The number of hydrogen-bond donors (Lipinski definition) is 1. The maximum Gasteiger partial charge on any atom is 0.272 e. The number of amides is 1. The third kappa shape index (κ3) is 4.78. The standard InChI is InChI=1S/C20H26N4O/c1-15-13-18(19(25)24(2)14-16-9-5-3-6-10-16)23-20(21-15)22-17-11-7-4-8-12-17/h3,5-6,9-10,13,17H,4,7-8,11-12,14H2,1-2H3,(H,21,22,23). The molecule has 1 amide bonds. The van der Waals surface area contributed by atoms with Crippen molar-refractivity contribution < 1.29 is 4.79 Å². The fourth-order valence-electron chi connectivity index (χ4n) is 3.30. The number of hydrogen-bond acceptors (Lipinski definition) is 4. The molecule has 1 aromatic carbocycles. The average molecular weight is 338 g/mol. The molecule has 1 aliphatic carbocycles. The lowest BCUT2D eigenvalue weighted by Gasteiger charge is -2.23. The lowest BCUT2D eigenvalue weighted by Crippen LogP contribution is -2.28. The van der Waals surface area contributed by atoms with Crippen molar-refractivity contribution in [2.45, 2.75) is 51.6 Å². The van der Waals surface area contributed by atoms with Crippen LogP contribution in [0.25, 0.3) is 0 Å². The topological polar surface area (TPSA) is 58.1 Å². The predicted molar refractivity (Wildman–Crippen MR) is 99.5 cm³/mol. The quantitative estimate of drug-likeness (QED) is 0.901. The molecule has 0 radical (unpaired) electrons. The normalized spacial score (nSPS) is 15.0. The molecule has 1 aromatic heterocycles. The van der Waals surface area contributed by atoms with Crippen LogP contribution in [0.4, 0.5) is 5.95 Å². The highest BCUT2D eigenvalue weighted by Crippen LogP contribution is 2.20. The van der Waals surface area contributed by atoms with Crippen LogP contribution in [-0.2, 0) is 6.54 Å². The minimum atomic E-state index is -0.0824. The van der Waals surface area contributed by atoms with Gasteiger partial charge in [-0.25, -0.2) is 9.97 Å². The van der Waals surface area contributed by atoms with Gasteiger partial charge in [0.2, 0.25) is 5.95 Å². The highest BCUT2D eigenvalue weighted by molar-refractivity contribution is 5.92. The molecule has 25 heavy (non-hydrogen) atoms. The fraction of sp³-hybridized carbons (Fsp3) is 0.450. The van der Waals surface area contributed by atoms with E-state index in [9.17, 15) is 4.79 Å². The molecular formula is C20H26N4O. The third-order valence-corrected chi connectivity index (χ3v) is 4.62. The van der Waals surface area contributed by atoms with E-state index < -0.39 is 0 Å². The molecule has 1 heterocycles. The zero-order chi connectivity index (χ0) is 17.6. The molecule has 5 heteroatoms. The Morgan fingerprint density at radius 3 is 2.60 bits per heavy atom. The van der Waals surface area contributed by atoms with Crippen LogP contribution in [0.2, 0.25) is 0 Å². The fourth-order valence-corrected chi connectivity index (χ4v) is 3.30. The molecule has 0 unspecified atom stereocenters. The van der Waals surface area contributed by atoms with Gasteiger partial charge in [-0.05, 0) is 31.4 Å². The minimum absolute atomic E-state index is 0.0824. The number of benzene rings is 1. The van der Waals surface area contributed by atoms with Crippen molar-refractivity contribution in [3.05, 3.63) is 53.3 Å². The molecule has 0 saturated heterocycles. The van der Waals surface area contributed by atoms with Gasteiger partial charge in [0.15, 0.2) is 0 Å². The van der Waals surface area contributed by atoms with Crippen LogP contribution in [-0.4, -0.2) is 33.9 Å². The first-order valence-electron chi connectivity index (χ1n) is 9.03. The third-order valence-electron chi connectivity index (χ3n) is 4.62. The molecule has 0 bridgehead atoms. The number of anilines is 1. The van der Waals surface area contributed by atoms with Crippen LogP contribution >= 0.6 is 0 Å². The number of carbonyl (C=O) groups excluding carboxylic acids is 1. The summed E-state index contributed by atoms with van der Waals surface area (Å²) in [4.78, 5) is 23.4. The van der Waals surface area contributed by atoms with Crippen LogP contribution in [0.3, 0.4) is 0 Å². The van der Waals surface area contributed by atoms with Crippen molar-refractivity contribution >= 4 is 11.9 Å². The lowest BCUT2D eigenvalue weighted by atomic mass is 9.96. The largest absolute Gasteiger partial charge is 0.351 e. The van der Waals surface area contributed by atoms with Crippen molar-refractivity contribution in [3.8, 4) is 0 Å². The molecule has 0 atom stereocenters. The molecule has 132 valence electrons. The second-order valence-electron chi connectivity index (χ2n) is 6.84. The molecule has 1 fully saturated rings. The van der Waals surface area contributed by atoms with Gasteiger partial charge in [-0.15, -0.1) is 0 Å². The van der Waals surface area contributed by atoms with Crippen molar-refractivity contribution in [3.63, 3.8) is 0 Å². The van der Waals surface area contributed by atoms with E-state index in [-0.39, 0.29) is 5.91 Å². The van der Waals surface area contributed by atoms with Gasteiger partial charge < -0.3 is 10.2 Å². The molecule has 0 aliphatic heterocycles. The highest BCUT2D eigenvalue weighted by Gasteiger charge is 2.18. The zero-order valence-corrected chi connectivity index (χ0v) is 15.0.